The Balaban J connectivity index is 1.46. The fourth-order valence-electron chi connectivity index (χ4n) is 4.67. The van der Waals surface area contributed by atoms with Gasteiger partial charge in [-0.15, -0.1) is 0 Å². The minimum absolute atomic E-state index is 0.188. The molecule has 25 heavy (non-hydrogen) atoms. The summed E-state index contributed by atoms with van der Waals surface area (Å²) in [6, 6.07) is 4.89. The normalized spacial score (nSPS) is 28.2. The van der Waals surface area contributed by atoms with E-state index in [1.165, 1.54) is 24.1 Å². The lowest BCUT2D eigenvalue weighted by Crippen LogP contribution is -2.43. The predicted molar refractivity (Wildman–Crippen MR) is 99.1 cm³/mol. The van der Waals surface area contributed by atoms with Gasteiger partial charge in [-0.25, -0.2) is 0 Å². The Morgan fingerprint density at radius 2 is 2.00 bits per heavy atom. The summed E-state index contributed by atoms with van der Waals surface area (Å²) in [5, 5.41) is 3.76. The molecule has 0 saturated carbocycles. The van der Waals surface area contributed by atoms with E-state index in [1.54, 1.807) is 6.07 Å². The molecule has 2 atom stereocenters. The average Bonchev–Trinajstić information content (AvgIpc) is 3.12. The number of fused-ring (bicyclic) bond motifs is 1. The first-order valence-corrected chi connectivity index (χ1v) is 9.93. The molecule has 0 unspecified atom stereocenters. The summed E-state index contributed by atoms with van der Waals surface area (Å²) in [7, 11) is 2.19. The van der Waals surface area contributed by atoms with E-state index >= 15 is 0 Å². The maximum Gasteiger partial charge on any atom is 0.250 e. The van der Waals surface area contributed by atoms with Gasteiger partial charge >= 0.3 is 0 Å². The number of piperidine rings is 1. The third kappa shape index (κ3) is 3.99. The molecule has 5 heteroatoms. The van der Waals surface area contributed by atoms with Crippen molar-refractivity contribution in [3.63, 3.8) is 0 Å². The van der Waals surface area contributed by atoms with Gasteiger partial charge in [0.1, 0.15) is 0 Å². The Bertz CT molecular complexity index is 643. The molecule has 0 bridgehead atoms. The SMILES string of the molecule is CN1CCC(Cn2c3c(ccc2=O)C[C@@H](N[C@H]2CCOC2)CC3)CC1. The summed E-state index contributed by atoms with van der Waals surface area (Å²) in [6.45, 7) is 4.95. The molecule has 1 aliphatic carbocycles. The first-order valence-electron chi connectivity index (χ1n) is 9.93. The highest BCUT2D eigenvalue weighted by Gasteiger charge is 2.26. The van der Waals surface area contributed by atoms with Crippen molar-refractivity contribution in [2.75, 3.05) is 33.4 Å². The standard InChI is InChI=1S/C20H31N3O2/c1-22-9-6-15(7-10-22)13-23-19-4-3-17(21-18-8-11-25-14-18)12-16(19)2-5-20(23)24/h2,5,15,17-18,21H,3-4,6-14H2,1H3/t17-,18-/m0/s1. The Kier molecular flexibility index (Phi) is 5.25. The highest BCUT2D eigenvalue weighted by Crippen LogP contribution is 2.24. The molecule has 0 spiro atoms. The molecule has 4 rings (SSSR count). The van der Waals surface area contributed by atoms with Crippen LogP contribution in [0, 0.1) is 5.92 Å². The Morgan fingerprint density at radius 3 is 2.76 bits per heavy atom. The van der Waals surface area contributed by atoms with Crippen molar-refractivity contribution in [2.24, 2.45) is 5.92 Å². The molecule has 1 aromatic rings. The van der Waals surface area contributed by atoms with Crippen molar-refractivity contribution in [3.8, 4) is 0 Å². The molecule has 1 aromatic heterocycles. The van der Waals surface area contributed by atoms with Crippen LogP contribution in [0.25, 0.3) is 0 Å². The summed E-state index contributed by atoms with van der Waals surface area (Å²) < 4.78 is 7.58. The lowest BCUT2D eigenvalue weighted by Gasteiger charge is -2.32. The van der Waals surface area contributed by atoms with Gasteiger partial charge in [-0.3, -0.25) is 4.79 Å². The number of nitrogens with one attached hydrogen (secondary N) is 1. The van der Waals surface area contributed by atoms with Crippen molar-refractivity contribution < 1.29 is 4.74 Å². The van der Waals surface area contributed by atoms with E-state index in [9.17, 15) is 4.79 Å². The molecule has 0 radical (unpaired) electrons. The summed E-state index contributed by atoms with van der Waals surface area (Å²) >= 11 is 0. The molecule has 2 fully saturated rings. The Hall–Kier alpha value is -1.17. The third-order valence-electron chi connectivity index (χ3n) is 6.27. The van der Waals surface area contributed by atoms with E-state index in [0.29, 0.717) is 18.0 Å². The minimum atomic E-state index is 0.188. The second kappa shape index (κ2) is 7.60. The van der Waals surface area contributed by atoms with Gasteiger partial charge in [-0.2, -0.15) is 0 Å². The molecule has 0 aromatic carbocycles. The summed E-state index contributed by atoms with van der Waals surface area (Å²) in [6.07, 6.45) is 6.72. The monoisotopic (exact) mass is 345 g/mol. The van der Waals surface area contributed by atoms with Crippen LogP contribution in [0.3, 0.4) is 0 Å². The zero-order valence-corrected chi connectivity index (χ0v) is 15.4. The second-order valence-electron chi connectivity index (χ2n) is 8.17. The maximum absolute atomic E-state index is 12.5. The number of hydrogen-bond donors (Lipinski definition) is 1. The molecular formula is C20H31N3O2. The van der Waals surface area contributed by atoms with Gasteiger partial charge in [0.15, 0.2) is 0 Å². The number of rotatable bonds is 4. The average molecular weight is 345 g/mol. The quantitative estimate of drug-likeness (QED) is 0.897. The lowest BCUT2D eigenvalue weighted by atomic mass is 9.90. The fourth-order valence-corrected chi connectivity index (χ4v) is 4.67. The van der Waals surface area contributed by atoms with E-state index in [1.807, 2.05) is 0 Å². The number of nitrogens with zero attached hydrogens (tertiary/aromatic N) is 2. The van der Waals surface area contributed by atoms with E-state index < -0.39 is 0 Å². The van der Waals surface area contributed by atoms with Crippen molar-refractivity contribution in [1.82, 2.24) is 14.8 Å². The van der Waals surface area contributed by atoms with E-state index in [2.05, 4.69) is 27.9 Å². The van der Waals surface area contributed by atoms with Gasteiger partial charge in [-0.1, -0.05) is 6.07 Å². The first kappa shape index (κ1) is 17.3. The van der Waals surface area contributed by atoms with Crippen molar-refractivity contribution in [3.05, 3.63) is 33.7 Å². The number of pyridine rings is 1. The van der Waals surface area contributed by atoms with Crippen LogP contribution < -0.4 is 10.9 Å². The zero-order valence-electron chi connectivity index (χ0n) is 15.4. The Labute approximate surface area is 150 Å². The van der Waals surface area contributed by atoms with Gasteiger partial charge in [0.25, 0.3) is 5.56 Å². The van der Waals surface area contributed by atoms with E-state index in [4.69, 9.17) is 4.74 Å². The van der Waals surface area contributed by atoms with Gasteiger partial charge in [0.2, 0.25) is 0 Å². The topological polar surface area (TPSA) is 46.5 Å². The van der Waals surface area contributed by atoms with Crippen molar-refractivity contribution in [1.29, 1.82) is 0 Å². The second-order valence-corrected chi connectivity index (χ2v) is 8.17. The van der Waals surface area contributed by atoms with Crippen LogP contribution in [-0.2, 0) is 24.1 Å². The van der Waals surface area contributed by atoms with Gasteiger partial charge in [0, 0.05) is 37.0 Å². The number of ether oxygens (including phenoxy) is 1. The molecular weight excluding hydrogens is 314 g/mol. The number of likely N-dealkylation sites (tertiary alicyclic amines) is 1. The number of hydrogen-bond acceptors (Lipinski definition) is 4. The van der Waals surface area contributed by atoms with Crippen LogP contribution in [-0.4, -0.2) is 54.9 Å². The lowest BCUT2D eigenvalue weighted by molar-refractivity contribution is 0.187. The van der Waals surface area contributed by atoms with Gasteiger partial charge < -0.3 is 19.5 Å². The smallest absolute Gasteiger partial charge is 0.250 e. The molecule has 3 aliphatic rings. The summed E-state index contributed by atoms with van der Waals surface area (Å²) in [5.74, 6) is 0.645. The van der Waals surface area contributed by atoms with Crippen LogP contribution in [0.1, 0.15) is 36.9 Å². The first-order chi connectivity index (χ1) is 12.2. The highest BCUT2D eigenvalue weighted by molar-refractivity contribution is 5.25. The minimum Gasteiger partial charge on any atom is -0.380 e. The molecule has 3 heterocycles. The zero-order chi connectivity index (χ0) is 17.2. The fraction of sp³-hybridized carbons (Fsp3) is 0.750. The van der Waals surface area contributed by atoms with E-state index in [0.717, 1.165) is 58.5 Å². The highest BCUT2D eigenvalue weighted by atomic mass is 16.5. The molecule has 5 nitrogen and oxygen atoms in total. The largest absolute Gasteiger partial charge is 0.380 e. The summed E-state index contributed by atoms with van der Waals surface area (Å²) in [4.78, 5) is 14.9. The van der Waals surface area contributed by atoms with Crippen LogP contribution in [0.15, 0.2) is 16.9 Å². The van der Waals surface area contributed by atoms with E-state index in [-0.39, 0.29) is 5.56 Å². The van der Waals surface area contributed by atoms with Crippen molar-refractivity contribution in [2.45, 2.75) is 57.2 Å². The molecule has 138 valence electrons. The summed E-state index contributed by atoms with van der Waals surface area (Å²) in [5.41, 5.74) is 2.86. The molecule has 2 aliphatic heterocycles. The molecule has 1 N–H and O–H groups in total. The van der Waals surface area contributed by atoms with Crippen LogP contribution >= 0.6 is 0 Å². The van der Waals surface area contributed by atoms with Crippen LogP contribution in [0.4, 0.5) is 0 Å². The number of aromatic nitrogens is 1. The van der Waals surface area contributed by atoms with Crippen LogP contribution in [0.5, 0.6) is 0 Å². The third-order valence-corrected chi connectivity index (χ3v) is 6.27. The van der Waals surface area contributed by atoms with Crippen LogP contribution in [0.2, 0.25) is 0 Å². The maximum atomic E-state index is 12.5. The predicted octanol–water partition coefficient (Wildman–Crippen LogP) is 1.43. The van der Waals surface area contributed by atoms with Gasteiger partial charge in [0.05, 0.1) is 6.61 Å². The Morgan fingerprint density at radius 1 is 1.16 bits per heavy atom. The molecule has 0 amide bonds. The molecule has 2 saturated heterocycles. The van der Waals surface area contributed by atoms with Crippen molar-refractivity contribution >= 4 is 0 Å². The van der Waals surface area contributed by atoms with Gasteiger partial charge in [-0.05, 0) is 70.1 Å².